The average molecular weight is 455 g/mol. The molecule has 0 aliphatic rings. The number of nitrogens with one attached hydrogen (secondary N) is 1. The summed E-state index contributed by atoms with van der Waals surface area (Å²) in [5.41, 5.74) is 5.25. The van der Waals surface area contributed by atoms with Gasteiger partial charge in [0.05, 0.1) is 21.4 Å². The molecule has 0 saturated heterocycles. The van der Waals surface area contributed by atoms with E-state index < -0.39 is 26.9 Å². The molecule has 0 radical (unpaired) electrons. The van der Waals surface area contributed by atoms with E-state index in [2.05, 4.69) is 9.97 Å². The first-order valence-corrected chi connectivity index (χ1v) is 11.4. The minimum atomic E-state index is -3.70. The van der Waals surface area contributed by atoms with E-state index in [4.69, 9.17) is 17.3 Å². The second-order valence-electron chi connectivity index (χ2n) is 8.40. The highest BCUT2D eigenvalue weighted by Gasteiger charge is 2.22. The first kappa shape index (κ1) is 22.5. The third-order valence-electron chi connectivity index (χ3n) is 4.72. The molecule has 2 heterocycles. The molecule has 2 aromatic heterocycles. The fraction of sp³-hybridized carbons (Fsp3) is 0.400. The van der Waals surface area contributed by atoms with Crippen molar-refractivity contribution in [1.29, 1.82) is 0 Å². The molecule has 10 heteroatoms. The van der Waals surface area contributed by atoms with Crippen LogP contribution < -0.4 is 11.4 Å². The lowest BCUT2D eigenvalue weighted by Crippen LogP contribution is -2.34. The molecule has 1 aromatic carbocycles. The molecular weight excluding hydrogens is 431 g/mol. The van der Waals surface area contributed by atoms with Crippen molar-refractivity contribution in [3.05, 3.63) is 45.7 Å². The van der Waals surface area contributed by atoms with E-state index in [1.165, 1.54) is 10.6 Å². The SMILES string of the molecule is C[C@H](N)CCS(=O)(=O)c1cc(Cl)c(F)c(-c2cc3cn(C(C)(C)C)c(=O)nc3[nH]2)c1. The Labute approximate surface area is 179 Å². The summed E-state index contributed by atoms with van der Waals surface area (Å²) in [5.74, 6) is -0.939. The van der Waals surface area contributed by atoms with Gasteiger partial charge in [0.1, 0.15) is 5.65 Å². The van der Waals surface area contributed by atoms with E-state index in [9.17, 15) is 17.6 Å². The van der Waals surface area contributed by atoms with Crippen molar-refractivity contribution >= 4 is 32.5 Å². The summed E-state index contributed by atoms with van der Waals surface area (Å²) in [5, 5.41) is 0.271. The van der Waals surface area contributed by atoms with Gasteiger partial charge in [-0.2, -0.15) is 4.98 Å². The van der Waals surface area contributed by atoms with Crippen LogP contribution in [0.4, 0.5) is 4.39 Å². The van der Waals surface area contributed by atoms with Gasteiger partial charge in [0.2, 0.25) is 0 Å². The van der Waals surface area contributed by atoms with Crippen LogP contribution in [0.2, 0.25) is 5.02 Å². The topological polar surface area (TPSA) is 111 Å². The second-order valence-corrected chi connectivity index (χ2v) is 10.9. The molecule has 0 saturated carbocycles. The van der Waals surface area contributed by atoms with Crippen molar-refractivity contribution in [2.45, 2.75) is 50.6 Å². The number of aromatic nitrogens is 3. The molecule has 0 bridgehead atoms. The number of benzene rings is 1. The Bertz CT molecular complexity index is 1270. The Kier molecular flexibility index (Phi) is 5.83. The molecule has 162 valence electrons. The Hall–Kier alpha value is -2.23. The second kappa shape index (κ2) is 7.79. The zero-order valence-electron chi connectivity index (χ0n) is 17.2. The van der Waals surface area contributed by atoms with Crippen LogP contribution in [-0.4, -0.2) is 34.7 Å². The molecule has 3 N–H and O–H groups in total. The zero-order chi connectivity index (χ0) is 22.4. The zero-order valence-corrected chi connectivity index (χ0v) is 18.7. The van der Waals surface area contributed by atoms with Crippen molar-refractivity contribution in [3.8, 4) is 11.3 Å². The Morgan fingerprint density at radius 1 is 1.30 bits per heavy atom. The number of halogens is 2. The molecule has 3 rings (SSSR count). The predicted molar refractivity (Wildman–Crippen MR) is 116 cm³/mol. The summed E-state index contributed by atoms with van der Waals surface area (Å²) in [6.45, 7) is 7.31. The number of H-pyrrole nitrogens is 1. The van der Waals surface area contributed by atoms with Crippen LogP contribution in [0, 0.1) is 5.82 Å². The van der Waals surface area contributed by atoms with Crippen molar-refractivity contribution < 1.29 is 12.8 Å². The van der Waals surface area contributed by atoms with Gasteiger partial charge in [0.15, 0.2) is 15.7 Å². The maximum Gasteiger partial charge on any atom is 0.350 e. The molecule has 0 aliphatic carbocycles. The molecule has 1 atom stereocenters. The van der Waals surface area contributed by atoms with Gasteiger partial charge < -0.3 is 10.7 Å². The summed E-state index contributed by atoms with van der Waals surface area (Å²) in [4.78, 5) is 19.1. The van der Waals surface area contributed by atoms with Crippen molar-refractivity contribution in [2.24, 2.45) is 5.73 Å². The quantitative estimate of drug-likeness (QED) is 0.573. The first-order chi connectivity index (χ1) is 13.8. The van der Waals surface area contributed by atoms with Gasteiger partial charge in [-0.1, -0.05) is 11.6 Å². The van der Waals surface area contributed by atoms with Crippen LogP contribution in [0.1, 0.15) is 34.1 Å². The van der Waals surface area contributed by atoms with E-state index >= 15 is 0 Å². The summed E-state index contributed by atoms with van der Waals surface area (Å²) < 4.78 is 41.6. The van der Waals surface area contributed by atoms with Gasteiger partial charge in [-0.15, -0.1) is 0 Å². The number of rotatable bonds is 5. The third kappa shape index (κ3) is 4.43. The lowest BCUT2D eigenvalue weighted by Gasteiger charge is -2.21. The summed E-state index contributed by atoms with van der Waals surface area (Å²) in [7, 11) is -3.70. The van der Waals surface area contributed by atoms with Gasteiger partial charge in [-0.3, -0.25) is 4.57 Å². The lowest BCUT2D eigenvalue weighted by atomic mass is 10.1. The number of nitrogens with zero attached hydrogens (tertiary/aromatic N) is 2. The maximum absolute atomic E-state index is 14.8. The molecule has 30 heavy (non-hydrogen) atoms. The number of aromatic amines is 1. The molecule has 0 amide bonds. The molecule has 3 aromatic rings. The largest absolute Gasteiger partial charge is 0.350 e. The molecule has 0 spiro atoms. The fourth-order valence-corrected chi connectivity index (χ4v) is 4.82. The van der Waals surface area contributed by atoms with E-state index in [0.29, 0.717) is 5.39 Å². The highest BCUT2D eigenvalue weighted by molar-refractivity contribution is 7.91. The molecule has 7 nitrogen and oxygen atoms in total. The molecule has 0 aliphatic heterocycles. The molecule has 0 unspecified atom stereocenters. The van der Waals surface area contributed by atoms with E-state index in [1.807, 2.05) is 20.8 Å². The monoisotopic (exact) mass is 454 g/mol. The number of hydrogen-bond donors (Lipinski definition) is 2. The maximum atomic E-state index is 14.8. The van der Waals surface area contributed by atoms with Crippen LogP contribution in [0.5, 0.6) is 0 Å². The van der Waals surface area contributed by atoms with Gasteiger partial charge in [0, 0.05) is 28.7 Å². The van der Waals surface area contributed by atoms with Crippen LogP contribution in [0.15, 0.2) is 34.1 Å². The summed E-state index contributed by atoms with van der Waals surface area (Å²) in [6, 6.07) is 3.65. The molecule has 0 fully saturated rings. The first-order valence-electron chi connectivity index (χ1n) is 9.40. The number of nitrogens with two attached hydrogens (primary N) is 1. The summed E-state index contributed by atoms with van der Waals surface area (Å²) in [6.07, 6.45) is 1.90. The standard InChI is InChI=1S/C20H24ClFN4O3S/c1-11(23)5-6-30(28,29)13-8-14(17(22)15(21)9-13)16-7-12-10-26(20(2,3)4)19(27)25-18(12)24-16/h7-11H,5-6,23H2,1-4H3,(H,24,25,27)/t11-/m0/s1. The van der Waals surface area contributed by atoms with Crippen LogP contribution in [0.3, 0.4) is 0 Å². The Morgan fingerprint density at radius 2 is 1.97 bits per heavy atom. The average Bonchev–Trinajstić information content (AvgIpc) is 3.03. The number of sulfone groups is 1. The van der Waals surface area contributed by atoms with E-state index in [1.54, 1.807) is 19.2 Å². The predicted octanol–water partition coefficient (Wildman–Crippen LogP) is 3.45. The van der Waals surface area contributed by atoms with Crippen molar-refractivity contribution in [2.75, 3.05) is 5.75 Å². The van der Waals surface area contributed by atoms with Crippen LogP contribution >= 0.6 is 11.6 Å². The minimum absolute atomic E-state index is 0.0189. The smallest absolute Gasteiger partial charge is 0.339 e. The van der Waals surface area contributed by atoms with Crippen LogP contribution in [0.25, 0.3) is 22.3 Å². The van der Waals surface area contributed by atoms with E-state index in [0.717, 1.165) is 6.07 Å². The molecular formula is C20H24ClFN4O3S. The number of fused-ring (bicyclic) bond motifs is 1. The van der Waals surface area contributed by atoms with Gasteiger partial charge in [0.25, 0.3) is 0 Å². The highest BCUT2D eigenvalue weighted by Crippen LogP contribution is 2.32. The van der Waals surface area contributed by atoms with Gasteiger partial charge >= 0.3 is 5.69 Å². The lowest BCUT2D eigenvalue weighted by molar-refractivity contribution is 0.380. The van der Waals surface area contributed by atoms with E-state index in [-0.39, 0.29) is 45.0 Å². The van der Waals surface area contributed by atoms with Crippen molar-refractivity contribution in [1.82, 2.24) is 14.5 Å². The van der Waals surface area contributed by atoms with Crippen LogP contribution in [-0.2, 0) is 15.4 Å². The van der Waals surface area contributed by atoms with Gasteiger partial charge in [-0.05, 0) is 52.3 Å². The third-order valence-corrected chi connectivity index (χ3v) is 6.73. The Balaban J connectivity index is 2.15. The van der Waals surface area contributed by atoms with Crippen molar-refractivity contribution in [3.63, 3.8) is 0 Å². The minimum Gasteiger partial charge on any atom is -0.339 e. The summed E-state index contributed by atoms with van der Waals surface area (Å²) >= 11 is 6.00. The normalized spacial score (nSPS) is 13.7. The fourth-order valence-electron chi connectivity index (χ4n) is 3.02. The number of hydrogen-bond acceptors (Lipinski definition) is 5. The highest BCUT2D eigenvalue weighted by atomic mass is 35.5. The van der Waals surface area contributed by atoms with Gasteiger partial charge in [-0.25, -0.2) is 17.6 Å². The Morgan fingerprint density at radius 3 is 2.57 bits per heavy atom.